The van der Waals surface area contributed by atoms with Gasteiger partial charge in [-0.1, -0.05) is 6.07 Å². The molecule has 0 amide bonds. The van der Waals surface area contributed by atoms with Crippen LogP contribution in [-0.4, -0.2) is 18.1 Å². The highest BCUT2D eigenvalue weighted by molar-refractivity contribution is 5.22. The molecule has 1 aliphatic rings. The van der Waals surface area contributed by atoms with Gasteiger partial charge in [-0.3, -0.25) is 0 Å². The summed E-state index contributed by atoms with van der Waals surface area (Å²) in [6, 6.07) is 5.84. The largest absolute Gasteiger partial charge is 0.493 e. The molecule has 1 saturated carbocycles. The van der Waals surface area contributed by atoms with Crippen LogP contribution in [0.15, 0.2) is 24.3 Å². The molecule has 0 aliphatic heterocycles. The quantitative estimate of drug-likeness (QED) is 0.911. The van der Waals surface area contributed by atoms with E-state index < -0.39 is 11.5 Å². The van der Waals surface area contributed by atoms with Crippen molar-refractivity contribution in [2.75, 3.05) is 6.61 Å². The van der Waals surface area contributed by atoms with E-state index in [1.165, 1.54) is 12.1 Å². The zero-order valence-electron chi connectivity index (χ0n) is 10.7. The second-order valence-corrected chi connectivity index (χ2v) is 5.27. The van der Waals surface area contributed by atoms with Crippen LogP contribution in [0.2, 0.25) is 0 Å². The molecule has 0 spiro atoms. The van der Waals surface area contributed by atoms with E-state index in [9.17, 15) is 13.2 Å². The summed E-state index contributed by atoms with van der Waals surface area (Å²) in [5, 5.41) is 0. The van der Waals surface area contributed by atoms with Crippen LogP contribution in [0, 0.1) is 5.82 Å². The number of rotatable bonds is 4. The first-order valence-corrected chi connectivity index (χ1v) is 6.44. The molecule has 2 rings (SSSR count). The fourth-order valence-corrected chi connectivity index (χ4v) is 2.29. The van der Waals surface area contributed by atoms with Gasteiger partial charge in [-0.2, -0.15) is 0 Å². The number of ether oxygens (including phenoxy) is 1. The Kier molecular flexibility index (Phi) is 4.04. The summed E-state index contributed by atoms with van der Waals surface area (Å²) >= 11 is 0. The van der Waals surface area contributed by atoms with Crippen molar-refractivity contribution >= 4 is 0 Å². The van der Waals surface area contributed by atoms with Gasteiger partial charge in [0, 0.05) is 24.4 Å². The van der Waals surface area contributed by atoms with Gasteiger partial charge in [0.25, 0.3) is 0 Å². The van der Waals surface area contributed by atoms with Crippen molar-refractivity contribution in [1.82, 2.24) is 0 Å². The van der Waals surface area contributed by atoms with Gasteiger partial charge in [0.15, 0.2) is 0 Å². The summed E-state index contributed by atoms with van der Waals surface area (Å²) in [4.78, 5) is 0. The Morgan fingerprint density at radius 1 is 1.16 bits per heavy atom. The van der Waals surface area contributed by atoms with Crippen molar-refractivity contribution in [3.63, 3.8) is 0 Å². The van der Waals surface area contributed by atoms with Crippen LogP contribution in [0.3, 0.4) is 0 Å². The molecule has 0 aromatic heterocycles. The molecule has 1 aromatic carbocycles. The van der Waals surface area contributed by atoms with Crippen molar-refractivity contribution in [2.45, 2.75) is 43.6 Å². The van der Waals surface area contributed by atoms with Gasteiger partial charge in [0.1, 0.15) is 11.6 Å². The average Bonchev–Trinajstić information content (AvgIpc) is 2.34. The van der Waals surface area contributed by atoms with E-state index in [2.05, 4.69) is 0 Å². The second kappa shape index (κ2) is 5.41. The minimum Gasteiger partial charge on any atom is -0.493 e. The Morgan fingerprint density at radius 2 is 1.84 bits per heavy atom. The molecule has 106 valence electrons. The normalized spacial score (nSPS) is 21.1. The van der Waals surface area contributed by atoms with Crippen LogP contribution < -0.4 is 10.5 Å². The molecule has 1 aromatic rings. The van der Waals surface area contributed by atoms with Gasteiger partial charge < -0.3 is 10.5 Å². The summed E-state index contributed by atoms with van der Waals surface area (Å²) in [6.45, 7) is 0.311. The summed E-state index contributed by atoms with van der Waals surface area (Å²) < 4.78 is 44.4. The summed E-state index contributed by atoms with van der Waals surface area (Å²) in [5.41, 5.74) is 5.50. The van der Waals surface area contributed by atoms with Crippen molar-refractivity contribution in [3.05, 3.63) is 30.1 Å². The standard InChI is InChI=1S/C14H18F3NO/c15-11-2-1-3-12(10-11)19-9-8-13(18)4-6-14(16,17)7-5-13/h1-3,10H,4-9,18H2. The highest BCUT2D eigenvalue weighted by atomic mass is 19.3. The number of hydrogen-bond acceptors (Lipinski definition) is 2. The Labute approximate surface area is 110 Å². The first kappa shape index (κ1) is 14.2. The van der Waals surface area contributed by atoms with E-state index in [0.717, 1.165) is 0 Å². The Hall–Kier alpha value is -1.23. The zero-order chi connectivity index (χ0) is 13.9. The molecular formula is C14H18F3NO. The van der Waals surface area contributed by atoms with Crippen molar-refractivity contribution < 1.29 is 17.9 Å². The van der Waals surface area contributed by atoms with Gasteiger partial charge in [0.2, 0.25) is 5.92 Å². The highest BCUT2D eigenvalue weighted by Crippen LogP contribution is 2.38. The Morgan fingerprint density at radius 3 is 2.47 bits per heavy atom. The molecule has 0 radical (unpaired) electrons. The molecule has 0 saturated heterocycles. The summed E-state index contributed by atoms with van der Waals surface area (Å²) in [7, 11) is 0. The minimum atomic E-state index is -2.58. The number of hydrogen-bond donors (Lipinski definition) is 1. The SMILES string of the molecule is NC1(CCOc2cccc(F)c2)CCC(F)(F)CC1. The first-order valence-electron chi connectivity index (χ1n) is 6.44. The molecule has 0 unspecified atom stereocenters. The van der Waals surface area contributed by atoms with E-state index in [1.54, 1.807) is 12.1 Å². The van der Waals surface area contributed by atoms with E-state index in [4.69, 9.17) is 10.5 Å². The molecule has 0 atom stereocenters. The van der Waals surface area contributed by atoms with Crippen molar-refractivity contribution in [3.8, 4) is 5.75 Å². The fourth-order valence-electron chi connectivity index (χ4n) is 2.29. The van der Waals surface area contributed by atoms with Crippen LogP contribution >= 0.6 is 0 Å². The van der Waals surface area contributed by atoms with E-state index in [0.29, 0.717) is 31.6 Å². The lowest BCUT2D eigenvalue weighted by Crippen LogP contribution is -2.47. The predicted octanol–water partition coefficient (Wildman–Crippen LogP) is 3.50. The minimum absolute atomic E-state index is 0.163. The van der Waals surface area contributed by atoms with Crippen molar-refractivity contribution in [1.29, 1.82) is 0 Å². The molecule has 2 N–H and O–H groups in total. The molecule has 2 nitrogen and oxygen atoms in total. The van der Waals surface area contributed by atoms with Gasteiger partial charge in [-0.15, -0.1) is 0 Å². The Balaban J connectivity index is 1.79. The second-order valence-electron chi connectivity index (χ2n) is 5.27. The maximum Gasteiger partial charge on any atom is 0.248 e. The first-order chi connectivity index (χ1) is 8.89. The lowest BCUT2D eigenvalue weighted by molar-refractivity contribution is -0.0527. The third-order valence-electron chi connectivity index (χ3n) is 3.64. The molecule has 0 heterocycles. The van der Waals surface area contributed by atoms with E-state index in [-0.39, 0.29) is 18.7 Å². The van der Waals surface area contributed by atoms with E-state index in [1.807, 2.05) is 0 Å². The number of benzene rings is 1. The van der Waals surface area contributed by atoms with E-state index >= 15 is 0 Å². The van der Waals surface area contributed by atoms with Crippen LogP contribution in [0.4, 0.5) is 13.2 Å². The number of alkyl halides is 2. The van der Waals surface area contributed by atoms with Crippen molar-refractivity contribution in [2.24, 2.45) is 5.73 Å². The smallest absolute Gasteiger partial charge is 0.248 e. The maximum absolute atomic E-state index is 13.1. The molecular weight excluding hydrogens is 255 g/mol. The zero-order valence-corrected chi connectivity index (χ0v) is 10.7. The van der Waals surface area contributed by atoms with Crippen LogP contribution in [0.25, 0.3) is 0 Å². The molecule has 1 fully saturated rings. The Bertz CT molecular complexity index is 426. The number of nitrogens with two attached hydrogens (primary N) is 1. The highest BCUT2D eigenvalue weighted by Gasteiger charge is 2.40. The lowest BCUT2D eigenvalue weighted by atomic mass is 9.79. The molecule has 19 heavy (non-hydrogen) atoms. The van der Waals surface area contributed by atoms with Gasteiger partial charge >= 0.3 is 0 Å². The summed E-state index contributed by atoms with van der Waals surface area (Å²) in [6.07, 6.45) is 0.769. The molecule has 1 aliphatic carbocycles. The van der Waals surface area contributed by atoms with Crippen LogP contribution in [0.5, 0.6) is 5.75 Å². The van der Waals surface area contributed by atoms with Gasteiger partial charge in [-0.05, 0) is 31.4 Å². The molecule has 5 heteroatoms. The monoisotopic (exact) mass is 273 g/mol. The maximum atomic E-state index is 13.1. The lowest BCUT2D eigenvalue weighted by Gasteiger charge is -2.37. The van der Waals surface area contributed by atoms with Crippen LogP contribution in [0.1, 0.15) is 32.1 Å². The predicted molar refractivity (Wildman–Crippen MR) is 66.8 cm³/mol. The van der Waals surface area contributed by atoms with Gasteiger partial charge in [0.05, 0.1) is 6.61 Å². The summed E-state index contributed by atoms with van der Waals surface area (Å²) in [5.74, 6) is -2.51. The topological polar surface area (TPSA) is 35.2 Å². The van der Waals surface area contributed by atoms with Gasteiger partial charge in [-0.25, -0.2) is 13.2 Å². The fraction of sp³-hybridized carbons (Fsp3) is 0.571. The molecule has 0 bridgehead atoms. The van der Waals surface area contributed by atoms with Crippen LogP contribution in [-0.2, 0) is 0 Å². The third-order valence-corrected chi connectivity index (χ3v) is 3.64. The average molecular weight is 273 g/mol. The third kappa shape index (κ3) is 4.13. The number of halogens is 3.